The quantitative estimate of drug-likeness (QED) is 0.428. The standard InChI is InChI=1S/C19H14ClN7O2S2/c20-11-1-3-13(4-2-11)31-9-17(28)24-14(5-12-8-30-10-23-12)18(29)27-19-25-15(6-21)16(7-22)26-19/h1-4,8,10,14H,5,9H2,(H,24,28)(H2,25,26,27,29). The lowest BCUT2D eigenvalue weighted by Crippen LogP contribution is -2.46. The summed E-state index contributed by atoms with van der Waals surface area (Å²) in [6.45, 7) is 0. The number of carbonyl (C=O) groups excluding carboxylic acids is 2. The Kier molecular flexibility index (Phi) is 7.62. The molecule has 2 amide bonds. The number of rotatable bonds is 8. The summed E-state index contributed by atoms with van der Waals surface area (Å²) in [6, 6.07) is 9.70. The van der Waals surface area contributed by atoms with Crippen molar-refractivity contribution in [3.63, 3.8) is 0 Å². The van der Waals surface area contributed by atoms with Crippen LogP contribution in [0.25, 0.3) is 0 Å². The van der Waals surface area contributed by atoms with Gasteiger partial charge in [0.1, 0.15) is 18.2 Å². The number of aromatic amines is 1. The topological polar surface area (TPSA) is 147 Å². The van der Waals surface area contributed by atoms with Gasteiger partial charge < -0.3 is 10.3 Å². The summed E-state index contributed by atoms with van der Waals surface area (Å²) in [5.41, 5.74) is 2.09. The number of benzene rings is 1. The summed E-state index contributed by atoms with van der Waals surface area (Å²) in [7, 11) is 0. The Bertz CT molecular complexity index is 1120. The third kappa shape index (κ3) is 6.30. The van der Waals surface area contributed by atoms with Crippen LogP contribution in [0.1, 0.15) is 17.1 Å². The molecule has 1 atom stereocenters. The second-order valence-corrected chi connectivity index (χ2v) is 8.27. The molecule has 3 rings (SSSR count). The van der Waals surface area contributed by atoms with E-state index in [1.165, 1.54) is 23.1 Å². The monoisotopic (exact) mass is 471 g/mol. The van der Waals surface area contributed by atoms with Crippen LogP contribution in [0.15, 0.2) is 40.1 Å². The van der Waals surface area contributed by atoms with Crippen LogP contribution in [0, 0.1) is 22.7 Å². The number of imidazole rings is 1. The molecule has 0 radical (unpaired) electrons. The number of nitrogens with zero attached hydrogens (tertiary/aromatic N) is 4. The number of carbonyl (C=O) groups is 2. The highest BCUT2D eigenvalue weighted by atomic mass is 35.5. The number of hydrogen-bond acceptors (Lipinski definition) is 8. The maximum Gasteiger partial charge on any atom is 0.249 e. The number of thiazole rings is 1. The first-order valence-electron chi connectivity index (χ1n) is 8.74. The number of aromatic nitrogens is 3. The number of hydrogen-bond donors (Lipinski definition) is 3. The van der Waals surface area contributed by atoms with Crippen LogP contribution in [0.2, 0.25) is 5.02 Å². The van der Waals surface area contributed by atoms with E-state index in [1.807, 2.05) is 0 Å². The Balaban J connectivity index is 1.67. The molecule has 1 unspecified atom stereocenters. The van der Waals surface area contributed by atoms with Crippen molar-refractivity contribution in [2.24, 2.45) is 0 Å². The van der Waals surface area contributed by atoms with Gasteiger partial charge in [-0.15, -0.1) is 23.1 Å². The van der Waals surface area contributed by atoms with Crippen LogP contribution in [-0.4, -0.2) is 38.6 Å². The minimum atomic E-state index is -0.929. The highest BCUT2D eigenvalue weighted by molar-refractivity contribution is 8.00. The van der Waals surface area contributed by atoms with Crippen LogP contribution in [-0.2, 0) is 16.0 Å². The normalized spacial score (nSPS) is 11.2. The van der Waals surface area contributed by atoms with E-state index in [0.717, 1.165) is 4.90 Å². The van der Waals surface area contributed by atoms with Gasteiger partial charge in [0.25, 0.3) is 0 Å². The van der Waals surface area contributed by atoms with Crippen LogP contribution in [0.3, 0.4) is 0 Å². The average molecular weight is 472 g/mol. The lowest BCUT2D eigenvalue weighted by molar-refractivity contribution is -0.124. The van der Waals surface area contributed by atoms with Gasteiger partial charge in [0.05, 0.1) is 17.0 Å². The maximum atomic E-state index is 12.8. The van der Waals surface area contributed by atoms with Crippen molar-refractivity contribution < 1.29 is 9.59 Å². The van der Waals surface area contributed by atoms with E-state index >= 15 is 0 Å². The number of thioether (sulfide) groups is 1. The lowest BCUT2D eigenvalue weighted by Gasteiger charge is -2.17. The van der Waals surface area contributed by atoms with Crippen molar-refractivity contribution in [3.05, 3.63) is 57.3 Å². The molecule has 3 aromatic rings. The van der Waals surface area contributed by atoms with Crippen molar-refractivity contribution in [3.8, 4) is 12.1 Å². The van der Waals surface area contributed by atoms with E-state index in [0.29, 0.717) is 10.7 Å². The molecule has 0 bridgehead atoms. The molecule has 0 aliphatic heterocycles. The molecule has 12 heteroatoms. The molecule has 9 nitrogen and oxygen atoms in total. The highest BCUT2D eigenvalue weighted by Gasteiger charge is 2.24. The Hall–Kier alpha value is -3.38. The highest BCUT2D eigenvalue weighted by Crippen LogP contribution is 2.20. The van der Waals surface area contributed by atoms with Gasteiger partial charge in [-0.1, -0.05) is 11.6 Å². The number of amides is 2. The van der Waals surface area contributed by atoms with Crippen molar-refractivity contribution in [1.82, 2.24) is 20.3 Å². The molecule has 0 fully saturated rings. The van der Waals surface area contributed by atoms with E-state index in [9.17, 15) is 9.59 Å². The molecule has 0 aliphatic rings. The number of nitriles is 2. The van der Waals surface area contributed by atoms with Crippen LogP contribution in [0.5, 0.6) is 0 Å². The molecule has 156 valence electrons. The fourth-order valence-electron chi connectivity index (χ4n) is 2.47. The minimum Gasteiger partial charge on any atom is -0.343 e. The fraction of sp³-hybridized carbons (Fsp3) is 0.158. The molecule has 3 N–H and O–H groups in total. The van der Waals surface area contributed by atoms with Crippen molar-refractivity contribution in [2.75, 3.05) is 11.1 Å². The molecular weight excluding hydrogens is 458 g/mol. The Morgan fingerprint density at radius 2 is 2.03 bits per heavy atom. The number of nitrogens with one attached hydrogen (secondary N) is 3. The first-order chi connectivity index (χ1) is 15.0. The third-order valence-electron chi connectivity index (χ3n) is 3.90. The summed E-state index contributed by atoms with van der Waals surface area (Å²) < 4.78 is 0. The number of anilines is 1. The summed E-state index contributed by atoms with van der Waals surface area (Å²) >= 11 is 8.54. The van der Waals surface area contributed by atoms with Gasteiger partial charge in [0, 0.05) is 21.7 Å². The van der Waals surface area contributed by atoms with Gasteiger partial charge in [-0.05, 0) is 24.3 Å². The van der Waals surface area contributed by atoms with Crippen LogP contribution < -0.4 is 10.6 Å². The van der Waals surface area contributed by atoms with Crippen LogP contribution >= 0.6 is 34.7 Å². The lowest BCUT2D eigenvalue weighted by atomic mass is 10.1. The first-order valence-corrected chi connectivity index (χ1v) is 11.0. The maximum absolute atomic E-state index is 12.8. The SMILES string of the molecule is N#Cc1nc(NC(=O)C(Cc2cscn2)NC(=O)CSc2ccc(Cl)cc2)[nH]c1C#N. The smallest absolute Gasteiger partial charge is 0.249 e. The summed E-state index contributed by atoms with van der Waals surface area (Å²) in [5.74, 6) is -0.850. The molecule has 31 heavy (non-hydrogen) atoms. The van der Waals surface area contributed by atoms with Gasteiger partial charge >= 0.3 is 0 Å². The van der Waals surface area contributed by atoms with E-state index in [1.54, 1.807) is 47.3 Å². The predicted molar refractivity (Wildman–Crippen MR) is 117 cm³/mol. The molecule has 0 aliphatic carbocycles. The van der Waals surface area contributed by atoms with Gasteiger partial charge in [-0.2, -0.15) is 10.5 Å². The molecular formula is C19H14ClN7O2S2. The molecule has 1 aromatic carbocycles. The second kappa shape index (κ2) is 10.6. The van der Waals surface area contributed by atoms with Crippen molar-refractivity contribution in [1.29, 1.82) is 10.5 Å². The van der Waals surface area contributed by atoms with E-state index in [4.69, 9.17) is 22.1 Å². The Morgan fingerprint density at radius 1 is 1.26 bits per heavy atom. The summed E-state index contributed by atoms with van der Waals surface area (Å²) in [5, 5.41) is 25.6. The Morgan fingerprint density at radius 3 is 2.65 bits per heavy atom. The van der Waals surface area contributed by atoms with Gasteiger partial charge in [-0.25, -0.2) is 9.97 Å². The number of H-pyrrole nitrogens is 1. The zero-order valence-corrected chi connectivity index (χ0v) is 18.1. The molecule has 0 spiro atoms. The van der Waals surface area contributed by atoms with E-state index in [-0.39, 0.29) is 35.4 Å². The van der Waals surface area contributed by atoms with E-state index in [2.05, 4.69) is 25.6 Å². The first kappa shape index (κ1) is 22.3. The van der Waals surface area contributed by atoms with E-state index < -0.39 is 11.9 Å². The third-order valence-corrected chi connectivity index (χ3v) is 5.79. The average Bonchev–Trinajstić information content (AvgIpc) is 3.42. The number of halogens is 1. The fourth-order valence-corrected chi connectivity index (χ4v) is 3.88. The zero-order chi connectivity index (χ0) is 22.2. The van der Waals surface area contributed by atoms with Crippen molar-refractivity contribution >= 4 is 52.5 Å². The zero-order valence-electron chi connectivity index (χ0n) is 15.8. The van der Waals surface area contributed by atoms with Gasteiger partial charge in [0.2, 0.25) is 17.8 Å². The Labute approximate surface area is 190 Å². The minimum absolute atomic E-state index is 0.0498. The largest absolute Gasteiger partial charge is 0.343 e. The predicted octanol–water partition coefficient (Wildman–Crippen LogP) is 2.72. The van der Waals surface area contributed by atoms with Gasteiger partial charge in [0.15, 0.2) is 11.4 Å². The second-order valence-electron chi connectivity index (χ2n) is 6.07. The van der Waals surface area contributed by atoms with Gasteiger partial charge in [-0.3, -0.25) is 14.9 Å². The molecule has 2 aromatic heterocycles. The molecule has 0 saturated carbocycles. The van der Waals surface area contributed by atoms with Crippen molar-refractivity contribution in [2.45, 2.75) is 17.4 Å². The molecule has 2 heterocycles. The summed E-state index contributed by atoms with van der Waals surface area (Å²) in [4.78, 5) is 36.7. The summed E-state index contributed by atoms with van der Waals surface area (Å²) in [6.07, 6.45) is 0.170. The molecule has 0 saturated heterocycles. The van der Waals surface area contributed by atoms with Crippen LogP contribution in [0.4, 0.5) is 5.95 Å².